The van der Waals surface area contributed by atoms with E-state index in [1.54, 1.807) is 6.20 Å². The zero-order valence-corrected chi connectivity index (χ0v) is 17.6. The van der Waals surface area contributed by atoms with Crippen molar-refractivity contribution in [3.05, 3.63) is 76.2 Å². The van der Waals surface area contributed by atoms with E-state index in [4.69, 9.17) is 11.2 Å². The highest BCUT2D eigenvalue weighted by atomic mass is 32.1. The van der Waals surface area contributed by atoms with Crippen molar-refractivity contribution in [1.29, 1.82) is 0 Å². The highest BCUT2D eigenvalue weighted by Gasteiger charge is 2.23. The smallest absolute Gasteiger partial charge is 0.148 e. The van der Waals surface area contributed by atoms with Crippen LogP contribution in [0, 0.1) is 12.3 Å². The zero-order valence-electron chi connectivity index (χ0n) is 16.8. The van der Waals surface area contributed by atoms with Gasteiger partial charge in [-0.05, 0) is 23.8 Å². The van der Waals surface area contributed by atoms with E-state index in [0.717, 1.165) is 54.7 Å². The Hall–Kier alpha value is -2.85. The molecule has 1 aromatic heterocycles. The van der Waals surface area contributed by atoms with Gasteiger partial charge in [0.25, 0.3) is 0 Å². The largest absolute Gasteiger partial charge is 0.481 e. The van der Waals surface area contributed by atoms with E-state index < -0.39 is 6.10 Å². The minimum absolute atomic E-state index is 0.292. The Morgan fingerprint density at radius 3 is 2.57 bits per heavy atom. The summed E-state index contributed by atoms with van der Waals surface area (Å²) in [4.78, 5) is 9.10. The molecular formula is C24H25N3O2S. The number of hydrogen-bond acceptors (Lipinski definition) is 6. The van der Waals surface area contributed by atoms with E-state index >= 15 is 0 Å². The van der Waals surface area contributed by atoms with Crippen molar-refractivity contribution in [2.75, 3.05) is 37.7 Å². The molecule has 0 amide bonds. The van der Waals surface area contributed by atoms with Crippen LogP contribution in [0.5, 0.6) is 5.75 Å². The van der Waals surface area contributed by atoms with Gasteiger partial charge in [-0.2, -0.15) is 0 Å². The molecule has 30 heavy (non-hydrogen) atoms. The number of benzene rings is 2. The highest BCUT2D eigenvalue weighted by molar-refractivity contribution is 7.09. The maximum absolute atomic E-state index is 10.8. The summed E-state index contributed by atoms with van der Waals surface area (Å²) >= 11 is 1.48. The third-order valence-electron chi connectivity index (χ3n) is 5.28. The molecule has 1 atom stereocenters. The monoisotopic (exact) mass is 419 g/mol. The SMILES string of the molecule is C#CCOc1ccc(CN2CCN(c3ccccc3[C@@H](O)c3nccs3)CC2)cc1. The number of terminal acetylenes is 1. The van der Waals surface area contributed by atoms with Crippen LogP contribution in [0.25, 0.3) is 0 Å². The Labute approximate surface area is 181 Å². The summed E-state index contributed by atoms with van der Waals surface area (Å²) in [7, 11) is 0. The van der Waals surface area contributed by atoms with Crippen molar-refractivity contribution in [3.63, 3.8) is 0 Å². The first-order chi connectivity index (χ1) is 14.7. The Kier molecular flexibility index (Phi) is 6.65. The van der Waals surface area contributed by atoms with Gasteiger partial charge in [-0.25, -0.2) is 4.98 Å². The number of rotatable bonds is 7. The normalized spacial score (nSPS) is 15.5. The number of anilines is 1. The molecule has 0 bridgehead atoms. The topological polar surface area (TPSA) is 48.8 Å². The van der Waals surface area contributed by atoms with Crippen LogP contribution < -0.4 is 9.64 Å². The molecule has 1 N–H and O–H groups in total. The van der Waals surface area contributed by atoms with Crippen LogP contribution in [-0.2, 0) is 6.54 Å². The first-order valence-corrected chi connectivity index (χ1v) is 10.9. The predicted molar refractivity (Wildman–Crippen MR) is 121 cm³/mol. The van der Waals surface area contributed by atoms with Crippen LogP contribution in [0.15, 0.2) is 60.1 Å². The molecule has 1 saturated heterocycles. The fourth-order valence-corrected chi connectivity index (χ4v) is 4.37. The van der Waals surface area contributed by atoms with Crippen LogP contribution in [0.2, 0.25) is 0 Å². The van der Waals surface area contributed by atoms with Crippen molar-refractivity contribution in [1.82, 2.24) is 9.88 Å². The molecule has 3 aromatic rings. The van der Waals surface area contributed by atoms with E-state index in [-0.39, 0.29) is 0 Å². The Morgan fingerprint density at radius 2 is 1.87 bits per heavy atom. The summed E-state index contributed by atoms with van der Waals surface area (Å²) in [6.07, 6.45) is 6.28. The summed E-state index contributed by atoms with van der Waals surface area (Å²) < 4.78 is 5.44. The molecule has 0 aliphatic carbocycles. The van der Waals surface area contributed by atoms with Gasteiger partial charge in [0.2, 0.25) is 0 Å². The molecule has 0 unspecified atom stereocenters. The molecule has 2 aromatic carbocycles. The summed E-state index contributed by atoms with van der Waals surface area (Å²) in [5.41, 5.74) is 3.27. The standard InChI is InChI=1S/C24H25N3O2S/c1-2-16-29-20-9-7-19(8-10-20)18-26-12-14-27(15-13-26)22-6-4-3-5-21(22)23(28)24-25-11-17-30-24/h1,3-11,17,23,28H,12-16,18H2/t23-/m1/s1. The number of piperazine rings is 1. The highest BCUT2D eigenvalue weighted by Crippen LogP contribution is 2.32. The van der Waals surface area contributed by atoms with E-state index in [0.29, 0.717) is 6.61 Å². The molecule has 6 heteroatoms. The van der Waals surface area contributed by atoms with Gasteiger partial charge < -0.3 is 14.7 Å². The Morgan fingerprint density at radius 1 is 1.10 bits per heavy atom. The van der Waals surface area contributed by atoms with E-state index in [1.807, 2.05) is 35.7 Å². The van der Waals surface area contributed by atoms with Crippen LogP contribution in [0.4, 0.5) is 5.69 Å². The summed E-state index contributed by atoms with van der Waals surface area (Å²) in [6, 6.07) is 16.2. The third kappa shape index (κ3) is 4.82. The molecule has 0 radical (unpaired) electrons. The number of hydrogen-bond donors (Lipinski definition) is 1. The molecule has 5 nitrogen and oxygen atoms in total. The lowest BCUT2D eigenvalue weighted by molar-refractivity contribution is 0.218. The molecule has 4 rings (SSSR count). The second-order valence-corrected chi connectivity index (χ2v) is 8.16. The van der Waals surface area contributed by atoms with Crippen molar-refractivity contribution in [2.45, 2.75) is 12.6 Å². The molecule has 0 spiro atoms. The van der Waals surface area contributed by atoms with Crippen molar-refractivity contribution in [2.24, 2.45) is 0 Å². The first-order valence-electron chi connectivity index (χ1n) is 10.0. The number of ether oxygens (including phenoxy) is 1. The average Bonchev–Trinajstić information content (AvgIpc) is 3.34. The summed E-state index contributed by atoms with van der Waals surface area (Å²) in [6.45, 7) is 4.98. The minimum atomic E-state index is -0.686. The predicted octanol–water partition coefficient (Wildman–Crippen LogP) is 3.56. The molecule has 2 heterocycles. The van der Waals surface area contributed by atoms with Crippen LogP contribution in [-0.4, -0.2) is 47.8 Å². The average molecular weight is 420 g/mol. The van der Waals surface area contributed by atoms with Crippen molar-refractivity contribution < 1.29 is 9.84 Å². The van der Waals surface area contributed by atoms with Gasteiger partial charge in [0, 0.05) is 55.6 Å². The first kappa shape index (κ1) is 20.4. The van der Waals surface area contributed by atoms with Gasteiger partial charge in [-0.1, -0.05) is 36.3 Å². The number of para-hydroxylation sites is 1. The van der Waals surface area contributed by atoms with Crippen LogP contribution in [0.3, 0.4) is 0 Å². The molecule has 1 fully saturated rings. The quantitative estimate of drug-likeness (QED) is 0.594. The molecule has 1 aliphatic rings. The Balaban J connectivity index is 1.37. The van der Waals surface area contributed by atoms with Gasteiger partial charge in [-0.3, -0.25) is 4.90 Å². The second-order valence-electron chi connectivity index (χ2n) is 7.23. The van der Waals surface area contributed by atoms with E-state index in [9.17, 15) is 5.11 Å². The number of thiazole rings is 1. The fourth-order valence-electron chi connectivity index (χ4n) is 3.73. The molecule has 1 aliphatic heterocycles. The number of aromatic nitrogens is 1. The van der Waals surface area contributed by atoms with Crippen molar-refractivity contribution >= 4 is 17.0 Å². The fraction of sp³-hybridized carbons (Fsp3) is 0.292. The lowest BCUT2D eigenvalue weighted by Gasteiger charge is -2.37. The zero-order chi connectivity index (χ0) is 20.8. The number of aliphatic hydroxyl groups is 1. The Bertz CT molecular complexity index is 974. The van der Waals surface area contributed by atoms with E-state index in [1.165, 1.54) is 16.9 Å². The second kappa shape index (κ2) is 9.77. The van der Waals surface area contributed by atoms with Gasteiger partial charge >= 0.3 is 0 Å². The molecule has 0 saturated carbocycles. The maximum atomic E-state index is 10.8. The van der Waals surface area contributed by atoms with Crippen molar-refractivity contribution in [3.8, 4) is 18.1 Å². The van der Waals surface area contributed by atoms with Gasteiger partial charge in [0.1, 0.15) is 23.5 Å². The third-order valence-corrected chi connectivity index (χ3v) is 6.11. The number of nitrogens with zero attached hydrogens (tertiary/aromatic N) is 3. The van der Waals surface area contributed by atoms with Crippen LogP contribution >= 0.6 is 11.3 Å². The van der Waals surface area contributed by atoms with Gasteiger partial charge in [0.15, 0.2) is 0 Å². The minimum Gasteiger partial charge on any atom is -0.481 e. The number of aliphatic hydroxyl groups excluding tert-OH is 1. The van der Waals surface area contributed by atoms with E-state index in [2.05, 4.69) is 38.9 Å². The summed E-state index contributed by atoms with van der Waals surface area (Å²) in [5, 5.41) is 13.4. The lowest BCUT2D eigenvalue weighted by atomic mass is 10.1. The van der Waals surface area contributed by atoms with Gasteiger partial charge in [0.05, 0.1) is 0 Å². The van der Waals surface area contributed by atoms with Gasteiger partial charge in [-0.15, -0.1) is 17.8 Å². The lowest BCUT2D eigenvalue weighted by Crippen LogP contribution is -2.46. The summed E-state index contributed by atoms with van der Waals surface area (Å²) in [5.74, 6) is 3.28. The molecular weight excluding hydrogens is 394 g/mol. The van der Waals surface area contributed by atoms with Crippen LogP contribution in [0.1, 0.15) is 22.2 Å². The maximum Gasteiger partial charge on any atom is 0.148 e. The molecule has 154 valence electrons.